The van der Waals surface area contributed by atoms with Gasteiger partial charge in [0.15, 0.2) is 16.1 Å². The van der Waals surface area contributed by atoms with E-state index in [0.29, 0.717) is 59.1 Å². The number of nitrogens with zero attached hydrogens (tertiary/aromatic N) is 5. The van der Waals surface area contributed by atoms with Crippen LogP contribution in [0.4, 0.5) is 15.0 Å². The van der Waals surface area contributed by atoms with Crippen LogP contribution < -0.4 is 4.90 Å². The molecule has 2 fully saturated rings. The summed E-state index contributed by atoms with van der Waals surface area (Å²) in [5, 5.41) is 0.620. The lowest BCUT2D eigenvalue weighted by molar-refractivity contribution is 0.00578. The van der Waals surface area contributed by atoms with E-state index in [1.165, 1.54) is 11.8 Å². The Morgan fingerprint density at radius 3 is 2.45 bits per heavy atom. The summed E-state index contributed by atoms with van der Waals surface area (Å²) in [6, 6.07) is -0.191. The van der Waals surface area contributed by atoms with Crippen molar-refractivity contribution >= 4 is 69.2 Å². The zero-order chi connectivity index (χ0) is 29.6. The number of carbonyl (C=O) groups is 1. The molecular weight excluding hydrogens is 624 g/mol. The van der Waals surface area contributed by atoms with E-state index in [9.17, 15) is 4.79 Å². The zero-order valence-corrected chi connectivity index (χ0v) is 27.5. The molecule has 2 aliphatic rings. The molecule has 2 aromatic rings. The van der Waals surface area contributed by atoms with Gasteiger partial charge in [-0.3, -0.25) is 0 Å². The number of anilines is 1. The van der Waals surface area contributed by atoms with Crippen LogP contribution in [0.15, 0.2) is 9.76 Å². The zero-order valence-electron chi connectivity index (χ0n) is 24.3. The average Bonchev–Trinajstić information content (AvgIpc) is 3.05. The van der Waals surface area contributed by atoms with E-state index in [1.54, 1.807) is 4.90 Å². The van der Waals surface area contributed by atoms with Crippen molar-refractivity contribution in [2.45, 2.75) is 96.1 Å². The molecule has 4 rings (SSSR count). The van der Waals surface area contributed by atoms with Gasteiger partial charge in [0, 0.05) is 25.7 Å². The van der Waals surface area contributed by atoms with Gasteiger partial charge in [-0.2, -0.15) is 0 Å². The highest BCUT2D eigenvalue weighted by molar-refractivity contribution is 9.10. The van der Waals surface area contributed by atoms with Crippen LogP contribution in [0.2, 0.25) is 11.5 Å². The summed E-state index contributed by atoms with van der Waals surface area (Å²) in [7, 11) is -0.401. The molecule has 14 heteroatoms. The number of pyridine rings is 1. The van der Waals surface area contributed by atoms with Crippen LogP contribution in [0.5, 0.6) is 0 Å². The first-order valence-corrected chi connectivity index (χ1v) is 15.6. The summed E-state index contributed by atoms with van der Waals surface area (Å²) < 4.78 is 33.8. The quantitative estimate of drug-likeness (QED) is 0.147. The van der Waals surface area contributed by atoms with Crippen LogP contribution >= 0.6 is 39.3 Å². The summed E-state index contributed by atoms with van der Waals surface area (Å²) in [5.41, 5.74) is -1.41. The molecule has 2 aromatic heterocycles. The molecule has 0 aliphatic carbocycles. The normalized spacial score (nSPS) is 20.9. The molecule has 9 nitrogen and oxygen atoms in total. The SMILES string of the molecule is CCSc1nc(N2CCN(C(=O)OC(C)(C)C)CC2CCB2OC(C)(C)C(C)(C)O2)c2c(Br)nc(Cl)c(F)c2n1. The Morgan fingerprint density at radius 1 is 1.20 bits per heavy atom. The van der Waals surface area contributed by atoms with Crippen molar-refractivity contribution in [3.8, 4) is 0 Å². The molecular formula is C26H37BBrClFN5O4S. The number of thioether (sulfide) groups is 1. The molecule has 1 amide bonds. The van der Waals surface area contributed by atoms with Crippen LogP contribution in [0, 0.1) is 5.82 Å². The summed E-state index contributed by atoms with van der Waals surface area (Å²) >= 11 is 11.0. The van der Waals surface area contributed by atoms with Crippen LogP contribution in [0.3, 0.4) is 0 Å². The third kappa shape index (κ3) is 6.63. The Labute approximate surface area is 253 Å². The molecule has 1 atom stereocenters. The Bertz CT molecular complexity index is 1270. The number of piperazine rings is 1. The highest BCUT2D eigenvalue weighted by atomic mass is 79.9. The monoisotopic (exact) mass is 659 g/mol. The Hall–Kier alpha value is -1.41. The number of carbonyl (C=O) groups excluding carboxylic acids is 1. The summed E-state index contributed by atoms with van der Waals surface area (Å²) in [6.07, 6.45) is 0.845. The average molecular weight is 661 g/mol. The molecule has 220 valence electrons. The maximum atomic E-state index is 15.2. The lowest BCUT2D eigenvalue weighted by atomic mass is 9.81. The smallest absolute Gasteiger partial charge is 0.444 e. The van der Waals surface area contributed by atoms with E-state index in [4.69, 9.17) is 30.6 Å². The van der Waals surface area contributed by atoms with Crippen LogP contribution in [-0.4, -0.2) is 81.3 Å². The lowest BCUT2D eigenvalue weighted by Gasteiger charge is -2.43. The first-order valence-electron chi connectivity index (χ1n) is 13.5. The van der Waals surface area contributed by atoms with Crippen LogP contribution in [0.1, 0.15) is 61.8 Å². The van der Waals surface area contributed by atoms with Crippen molar-refractivity contribution in [2.75, 3.05) is 30.3 Å². The van der Waals surface area contributed by atoms with E-state index in [2.05, 4.69) is 30.8 Å². The number of rotatable bonds is 6. The van der Waals surface area contributed by atoms with E-state index in [1.807, 2.05) is 55.4 Å². The van der Waals surface area contributed by atoms with Crippen molar-refractivity contribution in [2.24, 2.45) is 0 Å². The van der Waals surface area contributed by atoms with Gasteiger partial charge >= 0.3 is 13.2 Å². The molecule has 2 saturated heterocycles. The standard InChI is InChI=1S/C26H37BBrClFN5O4S/c1-9-40-22-31-18-16(19(28)32-20(29)17(18)30)21(33-22)35-13-12-34(23(36)37-24(2,3)4)14-15(35)10-11-27-38-25(5,6)26(7,8)39-27/h15H,9-14H2,1-8H3. The third-order valence-electron chi connectivity index (χ3n) is 7.38. The second kappa shape index (κ2) is 11.7. The molecule has 0 saturated carbocycles. The molecule has 40 heavy (non-hydrogen) atoms. The van der Waals surface area contributed by atoms with Crippen molar-refractivity contribution in [3.63, 3.8) is 0 Å². The number of halogens is 3. The first-order chi connectivity index (χ1) is 18.5. The van der Waals surface area contributed by atoms with Gasteiger partial charge in [0.05, 0.1) is 16.6 Å². The minimum absolute atomic E-state index is 0.104. The molecule has 2 aliphatic heterocycles. The highest BCUT2D eigenvalue weighted by Gasteiger charge is 2.51. The molecule has 0 radical (unpaired) electrons. The minimum Gasteiger partial charge on any atom is -0.444 e. The van der Waals surface area contributed by atoms with Gasteiger partial charge in [-0.1, -0.05) is 30.3 Å². The number of amides is 1. The van der Waals surface area contributed by atoms with Crippen molar-refractivity contribution < 1.29 is 23.2 Å². The van der Waals surface area contributed by atoms with Gasteiger partial charge in [-0.05, 0) is 82.9 Å². The number of hydrogen-bond acceptors (Lipinski definition) is 9. The van der Waals surface area contributed by atoms with Gasteiger partial charge in [0.2, 0.25) is 0 Å². The summed E-state index contributed by atoms with van der Waals surface area (Å²) in [6.45, 7) is 16.9. The fourth-order valence-corrected chi connectivity index (χ4v) is 6.14. The van der Waals surface area contributed by atoms with Crippen LogP contribution in [-0.2, 0) is 14.0 Å². The van der Waals surface area contributed by atoms with Gasteiger partial charge in [-0.15, -0.1) is 0 Å². The Balaban J connectivity index is 1.71. The number of fused-ring (bicyclic) bond motifs is 1. The second-order valence-electron chi connectivity index (χ2n) is 12.0. The molecule has 0 spiro atoms. The first kappa shape index (κ1) is 31.5. The van der Waals surface area contributed by atoms with Gasteiger partial charge in [-0.25, -0.2) is 24.1 Å². The van der Waals surface area contributed by atoms with E-state index in [-0.39, 0.29) is 22.8 Å². The predicted molar refractivity (Wildman–Crippen MR) is 161 cm³/mol. The number of ether oxygens (including phenoxy) is 1. The fourth-order valence-electron chi connectivity index (χ4n) is 4.75. The molecule has 0 bridgehead atoms. The van der Waals surface area contributed by atoms with E-state index in [0.717, 1.165) is 0 Å². The minimum atomic E-state index is -0.692. The topological polar surface area (TPSA) is 89.9 Å². The third-order valence-corrected chi connectivity index (χ3v) is 8.93. The Morgan fingerprint density at radius 2 is 1.85 bits per heavy atom. The largest absolute Gasteiger partial charge is 0.457 e. The Kier molecular flexibility index (Phi) is 9.22. The second-order valence-corrected chi connectivity index (χ2v) is 14.4. The maximum Gasteiger partial charge on any atom is 0.457 e. The molecule has 0 aromatic carbocycles. The van der Waals surface area contributed by atoms with Crippen molar-refractivity contribution in [1.82, 2.24) is 19.9 Å². The fraction of sp³-hybridized carbons (Fsp3) is 0.692. The molecule has 4 heterocycles. The van der Waals surface area contributed by atoms with Gasteiger partial charge < -0.3 is 23.8 Å². The van der Waals surface area contributed by atoms with Gasteiger partial charge in [0.1, 0.15) is 21.5 Å². The van der Waals surface area contributed by atoms with E-state index >= 15 is 4.39 Å². The molecule has 1 unspecified atom stereocenters. The highest BCUT2D eigenvalue weighted by Crippen LogP contribution is 2.40. The predicted octanol–water partition coefficient (Wildman–Crippen LogP) is 6.60. The summed E-state index contributed by atoms with van der Waals surface area (Å²) in [5.74, 6) is 0.561. The van der Waals surface area contributed by atoms with Crippen molar-refractivity contribution in [1.29, 1.82) is 0 Å². The number of hydrogen-bond donors (Lipinski definition) is 0. The van der Waals surface area contributed by atoms with Crippen molar-refractivity contribution in [3.05, 3.63) is 15.6 Å². The van der Waals surface area contributed by atoms with Gasteiger partial charge in [0.25, 0.3) is 0 Å². The maximum absolute atomic E-state index is 15.2. The number of aromatic nitrogens is 3. The van der Waals surface area contributed by atoms with E-state index < -0.39 is 29.7 Å². The van der Waals surface area contributed by atoms with Crippen LogP contribution in [0.25, 0.3) is 10.9 Å². The summed E-state index contributed by atoms with van der Waals surface area (Å²) in [4.78, 5) is 30.3. The molecule has 0 N–H and O–H groups in total. The lowest BCUT2D eigenvalue weighted by Crippen LogP contribution is -2.56.